The van der Waals surface area contributed by atoms with Gasteiger partial charge in [-0.15, -0.1) is 0 Å². The third-order valence-electron chi connectivity index (χ3n) is 5.48. The van der Waals surface area contributed by atoms with Crippen molar-refractivity contribution in [3.8, 4) is 0 Å². The number of amides is 2. The summed E-state index contributed by atoms with van der Waals surface area (Å²) in [5, 5.41) is 3.97. The monoisotopic (exact) mass is 385 g/mol. The Bertz CT molecular complexity index is 850. The van der Waals surface area contributed by atoms with E-state index in [1.54, 1.807) is 20.1 Å². The van der Waals surface area contributed by atoms with Crippen molar-refractivity contribution in [2.75, 3.05) is 6.54 Å². The first-order chi connectivity index (χ1) is 13.2. The second-order valence-electron chi connectivity index (χ2n) is 8.71. The van der Waals surface area contributed by atoms with E-state index < -0.39 is 11.6 Å². The summed E-state index contributed by atoms with van der Waals surface area (Å²) >= 11 is 0. The van der Waals surface area contributed by atoms with Crippen LogP contribution < -0.4 is 11.1 Å². The molecule has 3 N–H and O–H groups in total. The molecule has 0 aliphatic carbocycles. The number of nitrogens with zero attached hydrogens (tertiary/aromatic N) is 1. The number of furan rings is 1. The van der Waals surface area contributed by atoms with E-state index in [1.165, 1.54) is 0 Å². The summed E-state index contributed by atoms with van der Waals surface area (Å²) in [4.78, 5) is 27.6. The fourth-order valence-electron chi connectivity index (χ4n) is 3.80. The number of carbonyl (C=O) groups is 2. The number of benzene rings is 1. The van der Waals surface area contributed by atoms with Crippen LogP contribution in [0.5, 0.6) is 0 Å². The van der Waals surface area contributed by atoms with Crippen LogP contribution in [0.2, 0.25) is 0 Å². The van der Waals surface area contributed by atoms with Gasteiger partial charge in [-0.05, 0) is 45.1 Å². The highest BCUT2D eigenvalue weighted by Crippen LogP contribution is 2.28. The molecule has 0 radical (unpaired) electrons. The average molecular weight is 386 g/mol. The maximum absolute atomic E-state index is 13.3. The Kier molecular flexibility index (Phi) is 5.79. The Labute approximate surface area is 166 Å². The van der Waals surface area contributed by atoms with Crippen LogP contribution in [-0.4, -0.2) is 40.9 Å². The number of likely N-dealkylation sites (tertiary alicyclic amines) is 1. The smallest absolute Gasteiger partial charge is 0.245 e. The zero-order valence-electron chi connectivity index (χ0n) is 17.2. The van der Waals surface area contributed by atoms with Gasteiger partial charge in [0.05, 0.1) is 11.8 Å². The van der Waals surface area contributed by atoms with E-state index in [-0.39, 0.29) is 23.8 Å². The summed E-state index contributed by atoms with van der Waals surface area (Å²) in [6, 6.07) is 7.49. The molecule has 1 fully saturated rings. The van der Waals surface area contributed by atoms with Crippen LogP contribution in [0, 0.1) is 5.92 Å². The van der Waals surface area contributed by atoms with Gasteiger partial charge in [-0.2, -0.15) is 0 Å². The van der Waals surface area contributed by atoms with Crippen molar-refractivity contribution in [1.29, 1.82) is 0 Å². The molecule has 1 aliphatic rings. The molecule has 1 aromatic carbocycles. The zero-order chi connectivity index (χ0) is 20.5. The van der Waals surface area contributed by atoms with Gasteiger partial charge in [-0.25, -0.2) is 0 Å². The molecular weight excluding hydrogens is 354 g/mol. The minimum Gasteiger partial charge on any atom is -0.464 e. The van der Waals surface area contributed by atoms with Crippen LogP contribution in [0.15, 0.2) is 34.9 Å². The van der Waals surface area contributed by atoms with Crippen molar-refractivity contribution in [2.24, 2.45) is 11.7 Å². The summed E-state index contributed by atoms with van der Waals surface area (Å²) in [6.07, 6.45) is 4.47. The maximum Gasteiger partial charge on any atom is 0.245 e. The lowest BCUT2D eigenvalue weighted by Gasteiger charge is -2.32. The van der Waals surface area contributed by atoms with Gasteiger partial charge in [0.15, 0.2) is 0 Å². The Morgan fingerprint density at radius 3 is 2.71 bits per heavy atom. The summed E-state index contributed by atoms with van der Waals surface area (Å²) < 4.78 is 5.66. The van der Waals surface area contributed by atoms with Crippen LogP contribution in [0.1, 0.15) is 46.1 Å². The normalized spacial score (nSPS) is 18.6. The molecule has 152 valence electrons. The largest absolute Gasteiger partial charge is 0.464 e. The second kappa shape index (κ2) is 7.95. The molecule has 2 amide bonds. The predicted octanol–water partition coefficient (Wildman–Crippen LogP) is 2.84. The Morgan fingerprint density at radius 2 is 2.04 bits per heavy atom. The van der Waals surface area contributed by atoms with E-state index in [0.717, 1.165) is 35.8 Å². The minimum atomic E-state index is -1.02. The van der Waals surface area contributed by atoms with Gasteiger partial charge in [0.1, 0.15) is 11.6 Å². The van der Waals surface area contributed by atoms with Crippen molar-refractivity contribution in [2.45, 2.75) is 64.6 Å². The highest BCUT2D eigenvalue weighted by molar-refractivity contribution is 5.92. The minimum absolute atomic E-state index is 0.0187. The number of para-hydroxylation sites is 1. The van der Waals surface area contributed by atoms with E-state index in [1.807, 2.05) is 36.9 Å². The summed E-state index contributed by atoms with van der Waals surface area (Å²) in [5.74, 6) is -0.353. The van der Waals surface area contributed by atoms with Crippen LogP contribution in [-0.2, 0) is 16.0 Å². The van der Waals surface area contributed by atoms with Gasteiger partial charge in [0.2, 0.25) is 11.8 Å². The first kappa shape index (κ1) is 20.4. The fourth-order valence-corrected chi connectivity index (χ4v) is 3.80. The van der Waals surface area contributed by atoms with Crippen molar-refractivity contribution in [3.05, 3.63) is 36.1 Å². The molecular formula is C22H31N3O3. The van der Waals surface area contributed by atoms with Crippen LogP contribution >= 0.6 is 0 Å². The van der Waals surface area contributed by atoms with Crippen molar-refractivity contribution in [1.82, 2.24) is 10.2 Å². The average Bonchev–Trinajstić information content (AvgIpc) is 3.25. The molecule has 6 nitrogen and oxygen atoms in total. The first-order valence-corrected chi connectivity index (χ1v) is 10.0. The van der Waals surface area contributed by atoms with Gasteiger partial charge in [0, 0.05) is 23.5 Å². The van der Waals surface area contributed by atoms with Gasteiger partial charge >= 0.3 is 0 Å². The van der Waals surface area contributed by atoms with Crippen molar-refractivity contribution >= 4 is 22.8 Å². The summed E-state index contributed by atoms with van der Waals surface area (Å²) in [7, 11) is 0. The molecule has 2 aromatic rings. The van der Waals surface area contributed by atoms with Gasteiger partial charge < -0.3 is 20.4 Å². The SMILES string of the molecule is CC(C)[C@H](NC(=O)C(C)(C)N)C(=O)N1CCC[C@H]1Cc1coc2ccccc12. The standard InChI is InChI=1S/C22H31N3O3/c1-14(2)19(24-21(27)22(3,4)23)20(26)25-11-7-8-16(25)12-15-13-28-18-10-6-5-9-17(15)18/h5-6,9-10,13-14,16,19H,7-8,11-12,23H2,1-4H3,(H,24,27)/t16-,19-/m0/s1. The molecule has 1 saturated heterocycles. The molecule has 0 spiro atoms. The molecule has 3 rings (SSSR count). The third kappa shape index (κ3) is 4.22. The number of hydrogen-bond donors (Lipinski definition) is 2. The van der Waals surface area contributed by atoms with Crippen LogP contribution in [0.4, 0.5) is 0 Å². The van der Waals surface area contributed by atoms with E-state index in [0.29, 0.717) is 6.54 Å². The fraction of sp³-hybridized carbons (Fsp3) is 0.545. The molecule has 0 bridgehead atoms. The number of fused-ring (bicyclic) bond motifs is 1. The Balaban J connectivity index is 1.76. The van der Waals surface area contributed by atoms with E-state index in [4.69, 9.17) is 10.2 Å². The Hall–Kier alpha value is -2.34. The van der Waals surface area contributed by atoms with Crippen LogP contribution in [0.25, 0.3) is 11.0 Å². The van der Waals surface area contributed by atoms with Crippen molar-refractivity contribution < 1.29 is 14.0 Å². The van der Waals surface area contributed by atoms with E-state index in [9.17, 15) is 9.59 Å². The molecule has 2 atom stereocenters. The van der Waals surface area contributed by atoms with Crippen LogP contribution in [0.3, 0.4) is 0 Å². The van der Waals surface area contributed by atoms with E-state index in [2.05, 4.69) is 11.4 Å². The second-order valence-corrected chi connectivity index (χ2v) is 8.71. The summed E-state index contributed by atoms with van der Waals surface area (Å²) in [6.45, 7) is 7.90. The van der Waals surface area contributed by atoms with Gasteiger partial charge in [0.25, 0.3) is 0 Å². The molecule has 1 aromatic heterocycles. The van der Waals surface area contributed by atoms with E-state index >= 15 is 0 Å². The Morgan fingerprint density at radius 1 is 1.32 bits per heavy atom. The molecule has 0 saturated carbocycles. The van der Waals surface area contributed by atoms with Crippen molar-refractivity contribution in [3.63, 3.8) is 0 Å². The lowest BCUT2D eigenvalue weighted by Crippen LogP contribution is -2.58. The molecule has 2 heterocycles. The third-order valence-corrected chi connectivity index (χ3v) is 5.48. The predicted molar refractivity (Wildman–Crippen MR) is 110 cm³/mol. The number of nitrogens with one attached hydrogen (secondary N) is 1. The molecule has 0 unspecified atom stereocenters. The quantitative estimate of drug-likeness (QED) is 0.800. The number of nitrogens with two attached hydrogens (primary N) is 1. The molecule has 1 aliphatic heterocycles. The number of rotatable bonds is 6. The van der Waals surface area contributed by atoms with Gasteiger partial charge in [-0.3, -0.25) is 9.59 Å². The first-order valence-electron chi connectivity index (χ1n) is 10.0. The lowest BCUT2D eigenvalue weighted by atomic mass is 9.98. The maximum atomic E-state index is 13.3. The highest BCUT2D eigenvalue weighted by atomic mass is 16.3. The summed E-state index contributed by atoms with van der Waals surface area (Å²) in [5.41, 5.74) is 6.87. The lowest BCUT2D eigenvalue weighted by molar-refractivity contribution is -0.139. The van der Waals surface area contributed by atoms with Gasteiger partial charge in [-0.1, -0.05) is 32.0 Å². The molecule has 6 heteroatoms. The molecule has 28 heavy (non-hydrogen) atoms. The highest BCUT2D eigenvalue weighted by Gasteiger charge is 2.37. The number of hydrogen-bond acceptors (Lipinski definition) is 4. The number of carbonyl (C=O) groups excluding carboxylic acids is 2. The zero-order valence-corrected chi connectivity index (χ0v) is 17.2. The topological polar surface area (TPSA) is 88.6 Å².